The maximum absolute atomic E-state index is 12.0. The van der Waals surface area contributed by atoms with E-state index in [1.165, 1.54) is 0 Å². The van der Waals surface area contributed by atoms with Gasteiger partial charge in [-0.25, -0.2) is 4.79 Å². The molecule has 1 atom stereocenters. The third-order valence-electron chi connectivity index (χ3n) is 2.84. The molecule has 0 aliphatic carbocycles. The minimum Gasteiger partial charge on any atom is -0.326 e. The van der Waals surface area contributed by atoms with E-state index >= 15 is 0 Å². The molecule has 0 saturated carbocycles. The second kappa shape index (κ2) is 5.68. The van der Waals surface area contributed by atoms with Gasteiger partial charge in [0.1, 0.15) is 0 Å². The van der Waals surface area contributed by atoms with E-state index in [1.807, 2.05) is 24.3 Å². The summed E-state index contributed by atoms with van der Waals surface area (Å²) in [7, 11) is 0. The van der Waals surface area contributed by atoms with E-state index in [-0.39, 0.29) is 12.1 Å². The van der Waals surface area contributed by atoms with Gasteiger partial charge in [0, 0.05) is 28.4 Å². The van der Waals surface area contributed by atoms with Crippen molar-refractivity contribution in [3.8, 4) is 0 Å². The lowest BCUT2D eigenvalue weighted by Gasteiger charge is -2.30. The van der Waals surface area contributed by atoms with Gasteiger partial charge in [0.05, 0.1) is 0 Å². The number of benzene rings is 1. The number of anilines is 1. The number of rotatable bonds is 1. The molecule has 2 amide bonds. The molecule has 3 N–H and O–H groups in total. The molecule has 5 heteroatoms. The molecule has 1 aliphatic rings. The molecular formula is C12H16IN3O. The molecule has 1 saturated heterocycles. The molecule has 1 aromatic carbocycles. The maximum Gasteiger partial charge on any atom is 0.321 e. The van der Waals surface area contributed by atoms with Crippen LogP contribution in [0.2, 0.25) is 0 Å². The molecule has 1 heterocycles. The second-order valence-corrected chi connectivity index (χ2v) is 5.53. The van der Waals surface area contributed by atoms with Gasteiger partial charge in [0.15, 0.2) is 0 Å². The summed E-state index contributed by atoms with van der Waals surface area (Å²) in [6, 6.07) is 7.82. The third kappa shape index (κ3) is 3.57. The Morgan fingerprint density at radius 1 is 1.41 bits per heavy atom. The highest BCUT2D eigenvalue weighted by atomic mass is 127. The van der Waals surface area contributed by atoms with Gasteiger partial charge < -0.3 is 16.0 Å². The van der Waals surface area contributed by atoms with Gasteiger partial charge in [0.25, 0.3) is 0 Å². The summed E-state index contributed by atoms with van der Waals surface area (Å²) < 4.78 is 1.15. The first-order valence-electron chi connectivity index (χ1n) is 5.72. The first-order chi connectivity index (χ1) is 8.15. The number of nitrogens with zero attached hydrogens (tertiary/aromatic N) is 1. The van der Waals surface area contributed by atoms with Crippen LogP contribution in [0.4, 0.5) is 10.5 Å². The molecule has 0 aromatic heterocycles. The minimum absolute atomic E-state index is 0.0543. The molecule has 2 rings (SSSR count). The van der Waals surface area contributed by atoms with E-state index in [9.17, 15) is 4.79 Å². The van der Waals surface area contributed by atoms with Gasteiger partial charge >= 0.3 is 6.03 Å². The van der Waals surface area contributed by atoms with Gasteiger partial charge in [-0.1, -0.05) is 0 Å². The van der Waals surface area contributed by atoms with Crippen molar-refractivity contribution in [3.63, 3.8) is 0 Å². The van der Waals surface area contributed by atoms with Crippen LogP contribution >= 0.6 is 22.6 Å². The number of carbonyl (C=O) groups is 1. The number of carbonyl (C=O) groups excluding carboxylic acids is 1. The van der Waals surface area contributed by atoms with E-state index in [0.29, 0.717) is 6.54 Å². The zero-order valence-corrected chi connectivity index (χ0v) is 11.7. The number of likely N-dealkylation sites (tertiary alicyclic amines) is 1. The summed E-state index contributed by atoms with van der Waals surface area (Å²) in [5, 5.41) is 2.89. The molecule has 1 aliphatic heterocycles. The Labute approximate surface area is 115 Å². The Balaban J connectivity index is 1.94. The van der Waals surface area contributed by atoms with Crippen LogP contribution in [0.15, 0.2) is 24.3 Å². The van der Waals surface area contributed by atoms with Crippen molar-refractivity contribution < 1.29 is 4.79 Å². The van der Waals surface area contributed by atoms with Crippen molar-refractivity contribution in [1.29, 1.82) is 0 Å². The summed E-state index contributed by atoms with van der Waals surface area (Å²) in [6.45, 7) is 1.44. The van der Waals surface area contributed by atoms with E-state index in [0.717, 1.165) is 28.6 Å². The normalized spacial score (nSPS) is 20.1. The summed E-state index contributed by atoms with van der Waals surface area (Å²) in [6.07, 6.45) is 1.99. The van der Waals surface area contributed by atoms with Crippen molar-refractivity contribution in [3.05, 3.63) is 27.8 Å². The van der Waals surface area contributed by atoms with Crippen LogP contribution in [-0.4, -0.2) is 30.1 Å². The minimum atomic E-state index is -0.0543. The van der Waals surface area contributed by atoms with Crippen LogP contribution in [-0.2, 0) is 0 Å². The van der Waals surface area contributed by atoms with Crippen molar-refractivity contribution >= 4 is 34.3 Å². The van der Waals surface area contributed by atoms with Crippen molar-refractivity contribution in [1.82, 2.24) is 4.90 Å². The number of nitrogens with two attached hydrogens (primary N) is 1. The monoisotopic (exact) mass is 345 g/mol. The first kappa shape index (κ1) is 12.6. The Morgan fingerprint density at radius 2 is 2.12 bits per heavy atom. The van der Waals surface area contributed by atoms with Crippen molar-refractivity contribution in [2.45, 2.75) is 18.9 Å². The zero-order chi connectivity index (χ0) is 12.3. The summed E-state index contributed by atoms with van der Waals surface area (Å²) in [5.41, 5.74) is 6.68. The molecule has 1 aromatic rings. The van der Waals surface area contributed by atoms with Crippen LogP contribution in [0, 0.1) is 3.57 Å². The summed E-state index contributed by atoms with van der Waals surface area (Å²) in [4.78, 5) is 13.7. The standard InChI is InChI=1S/C12H16IN3O/c13-9-3-5-11(6-4-9)15-12(17)16-7-1-2-10(14)8-16/h3-6,10H,1-2,7-8,14H2,(H,15,17)/t10-/m1/s1. The zero-order valence-electron chi connectivity index (χ0n) is 9.53. The van der Waals surface area contributed by atoms with Crippen molar-refractivity contribution in [2.75, 3.05) is 18.4 Å². The maximum atomic E-state index is 12.0. The molecule has 4 nitrogen and oxygen atoms in total. The van der Waals surface area contributed by atoms with E-state index in [4.69, 9.17) is 5.73 Å². The van der Waals surface area contributed by atoms with Crippen LogP contribution in [0.1, 0.15) is 12.8 Å². The van der Waals surface area contributed by atoms with E-state index in [2.05, 4.69) is 27.9 Å². The largest absolute Gasteiger partial charge is 0.326 e. The predicted molar refractivity (Wildman–Crippen MR) is 77.0 cm³/mol. The average molecular weight is 345 g/mol. The van der Waals surface area contributed by atoms with Crippen molar-refractivity contribution in [2.24, 2.45) is 5.73 Å². The molecule has 17 heavy (non-hydrogen) atoms. The molecule has 92 valence electrons. The Kier molecular flexibility index (Phi) is 4.22. The molecular weight excluding hydrogens is 329 g/mol. The first-order valence-corrected chi connectivity index (χ1v) is 6.80. The Morgan fingerprint density at radius 3 is 2.76 bits per heavy atom. The molecule has 1 fully saturated rings. The van der Waals surface area contributed by atoms with Gasteiger partial charge in [-0.15, -0.1) is 0 Å². The Hall–Kier alpha value is -0.820. The van der Waals surface area contributed by atoms with Crippen LogP contribution in [0.3, 0.4) is 0 Å². The lowest BCUT2D eigenvalue weighted by Crippen LogP contribution is -2.47. The van der Waals surface area contributed by atoms with Gasteiger partial charge in [0.2, 0.25) is 0 Å². The number of piperidine rings is 1. The predicted octanol–water partition coefficient (Wildman–Crippen LogP) is 2.25. The van der Waals surface area contributed by atoms with Crippen LogP contribution in [0.5, 0.6) is 0 Å². The lowest BCUT2D eigenvalue weighted by molar-refractivity contribution is 0.193. The number of hydrogen-bond acceptors (Lipinski definition) is 2. The highest BCUT2D eigenvalue weighted by Crippen LogP contribution is 2.14. The van der Waals surface area contributed by atoms with E-state index < -0.39 is 0 Å². The fourth-order valence-electron chi connectivity index (χ4n) is 1.93. The summed E-state index contributed by atoms with van der Waals surface area (Å²) >= 11 is 2.24. The highest BCUT2D eigenvalue weighted by molar-refractivity contribution is 14.1. The van der Waals surface area contributed by atoms with E-state index in [1.54, 1.807) is 4.90 Å². The van der Waals surface area contributed by atoms with Crippen LogP contribution in [0.25, 0.3) is 0 Å². The average Bonchev–Trinajstić information content (AvgIpc) is 2.32. The lowest BCUT2D eigenvalue weighted by atomic mass is 10.1. The SMILES string of the molecule is N[C@@H]1CCCN(C(=O)Nc2ccc(I)cc2)C1. The smallest absolute Gasteiger partial charge is 0.321 e. The molecule has 0 unspecified atom stereocenters. The molecule has 0 spiro atoms. The van der Waals surface area contributed by atoms with Gasteiger partial charge in [-0.05, 0) is 59.7 Å². The number of amides is 2. The summed E-state index contributed by atoms with van der Waals surface area (Å²) in [5.74, 6) is 0. The van der Waals surface area contributed by atoms with Gasteiger partial charge in [-0.3, -0.25) is 0 Å². The Bertz CT molecular complexity index is 393. The van der Waals surface area contributed by atoms with Gasteiger partial charge in [-0.2, -0.15) is 0 Å². The number of halogens is 1. The van der Waals surface area contributed by atoms with Crippen LogP contribution < -0.4 is 11.1 Å². The second-order valence-electron chi connectivity index (χ2n) is 4.29. The number of hydrogen-bond donors (Lipinski definition) is 2. The highest BCUT2D eigenvalue weighted by Gasteiger charge is 2.20. The number of nitrogens with one attached hydrogen (secondary N) is 1. The molecule has 0 radical (unpaired) electrons. The quantitative estimate of drug-likeness (QED) is 0.767. The number of urea groups is 1. The fourth-order valence-corrected chi connectivity index (χ4v) is 2.29. The fraction of sp³-hybridized carbons (Fsp3) is 0.417. The third-order valence-corrected chi connectivity index (χ3v) is 3.56. The topological polar surface area (TPSA) is 58.4 Å². The molecule has 0 bridgehead atoms.